The fraction of sp³-hybridized carbons (Fsp3) is 0.355. The van der Waals surface area contributed by atoms with Crippen molar-refractivity contribution in [2.24, 2.45) is 5.92 Å². The fourth-order valence-electron chi connectivity index (χ4n) is 4.81. The first-order chi connectivity index (χ1) is 17.3. The van der Waals surface area contributed by atoms with E-state index in [1.807, 2.05) is 30.4 Å². The van der Waals surface area contributed by atoms with E-state index in [0.717, 1.165) is 17.7 Å². The summed E-state index contributed by atoms with van der Waals surface area (Å²) in [6.45, 7) is 8.86. The summed E-state index contributed by atoms with van der Waals surface area (Å²) in [5.41, 5.74) is 9.85. The van der Waals surface area contributed by atoms with Gasteiger partial charge in [-0.05, 0) is 67.5 Å². The quantitative estimate of drug-likeness (QED) is 0.377. The second-order valence-corrected chi connectivity index (χ2v) is 9.84. The zero-order valence-corrected chi connectivity index (χ0v) is 21.5. The Balaban J connectivity index is 1.44. The summed E-state index contributed by atoms with van der Waals surface area (Å²) < 4.78 is 5.83. The second kappa shape index (κ2) is 11.1. The average molecular weight is 486 g/mol. The fourth-order valence-corrected chi connectivity index (χ4v) is 4.81. The molecular formula is C31H35NO4. The van der Waals surface area contributed by atoms with E-state index >= 15 is 0 Å². The molecular weight excluding hydrogens is 450 g/mol. The predicted molar refractivity (Wildman–Crippen MR) is 144 cm³/mol. The minimum atomic E-state index is -0.847. The van der Waals surface area contributed by atoms with Crippen molar-refractivity contribution < 1.29 is 19.4 Å². The number of rotatable bonds is 10. The van der Waals surface area contributed by atoms with Crippen molar-refractivity contribution in [2.75, 3.05) is 11.9 Å². The molecule has 4 rings (SSSR count). The van der Waals surface area contributed by atoms with E-state index in [4.69, 9.17) is 9.84 Å². The molecule has 0 bridgehead atoms. The van der Waals surface area contributed by atoms with Gasteiger partial charge >= 0.3 is 5.97 Å². The number of carboxylic acid groups (broad SMARTS) is 1. The van der Waals surface area contributed by atoms with Gasteiger partial charge < -0.3 is 15.2 Å². The lowest BCUT2D eigenvalue weighted by Crippen LogP contribution is -2.33. The third-order valence-corrected chi connectivity index (χ3v) is 7.33. The van der Waals surface area contributed by atoms with Crippen molar-refractivity contribution in [3.63, 3.8) is 0 Å². The lowest BCUT2D eigenvalue weighted by molar-refractivity contribution is -0.137. The van der Waals surface area contributed by atoms with Gasteiger partial charge in [-0.25, -0.2) is 0 Å². The van der Waals surface area contributed by atoms with Crippen LogP contribution in [0.4, 0.5) is 5.69 Å². The first-order valence-electron chi connectivity index (χ1n) is 12.6. The van der Waals surface area contributed by atoms with E-state index in [2.05, 4.69) is 63.3 Å². The maximum absolute atomic E-state index is 13.2. The molecule has 0 heterocycles. The van der Waals surface area contributed by atoms with Crippen LogP contribution in [0, 0.1) is 26.7 Å². The number of carbonyl (C=O) groups is 2. The van der Waals surface area contributed by atoms with Gasteiger partial charge in [-0.1, -0.05) is 72.7 Å². The van der Waals surface area contributed by atoms with Crippen molar-refractivity contribution in [1.29, 1.82) is 0 Å². The maximum Gasteiger partial charge on any atom is 0.303 e. The molecule has 1 amide bonds. The Kier molecular flexibility index (Phi) is 7.90. The number of nitrogens with one attached hydrogen (secondary N) is 1. The van der Waals surface area contributed by atoms with Crippen molar-refractivity contribution in [3.8, 4) is 0 Å². The summed E-state index contributed by atoms with van der Waals surface area (Å²) in [4.78, 5) is 23.9. The Morgan fingerprint density at radius 3 is 2.47 bits per heavy atom. The van der Waals surface area contributed by atoms with Gasteiger partial charge in [-0.3, -0.25) is 9.59 Å². The number of hydrogen-bond acceptors (Lipinski definition) is 3. The van der Waals surface area contributed by atoms with E-state index in [1.54, 1.807) is 0 Å². The van der Waals surface area contributed by atoms with Crippen LogP contribution < -0.4 is 5.32 Å². The number of carbonyl (C=O) groups excluding carboxylic acids is 1. The highest BCUT2D eigenvalue weighted by Gasteiger charge is 2.31. The lowest BCUT2D eigenvalue weighted by atomic mass is 9.95. The van der Waals surface area contributed by atoms with Crippen LogP contribution >= 0.6 is 0 Å². The standard InChI is InChI=1S/C31H35NO4/c1-19-11-13-23(14-12-19)22(4)26-18-27(26)24-15-16-28(21(3)20(24)2)32-31(35)25-8-5-6-9-29(25)36-17-7-10-30(33)34/h5-6,8-9,11-16,22,25,29H,7,10,17-18H2,1-4H3,(H,32,35)(H,33,34). The molecule has 0 radical (unpaired) electrons. The minimum absolute atomic E-state index is 0.0515. The Bertz CT molecular complexity index is 1240. The lowest BCUT2D eigenvalue weighted by Gasteiger charge is -2.24. The summed E-state index contributed by atoms with van der Waals surface area (Å²) in [7, 11) is 0. The Labute approximate surface area is 213 Å². The zero-order chi connectivity index (χ0) is 25.8. The highest BCUT2D eigenvalue weighted by molar-refractivity contribution is 5.96. The van der Waals surface area contributed by atoms with Gasteiger partial charge in [0, 0.05) is 24.6 Å². The molecule has 0 saturated carbocycles. The van der Waals surface area contributed by atoms with Gasteiger partial charge in [0.05, 0.1) is 12.0 Å². The number of hydrogen-bond donors (Lipinski definition) is 2. The molecule has 2 N–H and O–H groups in total. The summed E-state index contributed by atoms with van der Waals surface area (Å²) in [6, 6.07) is 12.9. The Morgan fingerprint density at radius 1 is 1.03 bits per heavy atom. The molecule has 3 atom stereocenters. The maximum atomic E-state index is 13.2. The van der Waals surface area contributed by atoms with Crippen molar-refractivity contribution in [3.05, 3.63) is 94.1 Å². The number of benzene rings is 2. The van der Waals surface area contributed by atoms with Gasteiger partial charge in [0.1, 0.15) is 0 Å². The molecule has 3 unspecified atom stereocenters. The second-order valence-electron chi connectivity index (χ2n) is 9.84. The number of aliphatic carboxylic acids is 1. The van der Waals surface area contributed by atoms with E-state index in [1.165, 1.54) is 33.4 Å². The molecule has 2 aliphatic rings. The third-order valence-electron chi connectivity index (χ3n) is 7.33. The summed E-state index contributed by atoms with van der Waals surface area (Å²) in [5, 5.41) is 11.9. The minimum Gasteiger partial charge on any atom is -0.481 e. The van der Waals surface area contributed by atoms with E-state index in [-0.39, 0.29) is 12.3 Å². The summed E-state index contributed by atoms with van der Waals surface area (Å²) in [5.74, 6) is -1.04. The van der Waals surface area contributed by atoms with Crippen LogP contribution in [0.2, 0.25) is 0 Å². The van der Waals surface area contributed by atoms with Crippen molar-refractivity contribution in [2.45, 2.75) is 59.0 Å². The number of carboxylic acids is 1. The van der Waals surface area contributed by atoms with Crippen LogP contribution in [0.1, 0.15) is 59.9 Å². The SMILES string of the molecule is Cc1ccc(C(C)C2=C(c3ccc(NC(=O)C4C=CC=CC4OCCCC(=O)O)c(C)c3C)C2)cc1. The molecule has 0 aliphatic heterocycles. The topological polar surface area (TPSA) is 75.6 Å². The number of amides is 1. The molecule has 36 heavy (non-hydrogen) atoms. The molecule has 0 spiro atoms. The van der Waals surface area contributed by atoms with Crippen LogP contribution in [0.25, 0.3) is 5.57 Å². The largest absolute Gasteiger partial charge is 0.481 e. The predicted octanol–water partition coefficient (Wildman–Crippen LogP) is 6.50. The summed E-state index contributed by atoms with van der Waals surface area (Å²) in [6.07, 6.45) is 8.47. The van der Waals surface area contributed by atoms with Crippen molar-refractivity contribution in [1.82, 2.24) is 0 Å². The number of anilines is 1. The van der Waals surface area contributed by atoms with Gasteiger partial charge in [0.15, 0.2) is 0 Å². The molecule has 0 fully saturated rings. The molecule has 0 aromatic heterocycles. The number of allylic oxidation sites excluding steroid dienone is 4. The Hall–Kier alpha value is -3.44. The molecule has 5 heteroatoms. The number of aryl methyl sites for hydroxylation is 1. The van der Waals surface area contributed by atoms with Gasteiger partial charge in [-0.2, -0.15) is 0 Å². The van der Waals surface area contributed by atoms with Crippen LogP contribution in [-0.4, -0.2) is 29.7 Å². The summed E-state index contributed by atoms with van der Waals surface area (Å²) >= 11 is 0. The monoisotopic (exact) mass is 485 g/mol. The van der Waals surface area contributed by atoms with Crippen molar-refractivity contribution >= 4 is 23.1 Å². The molecule has 2 aliphatic carbocycles. The highest BCUT2D eigenvalue weighted by Crippen LogP contribution is 2.49. The van der Waals surface area contributed by atoms with Gasteiger partial charge in [0.2, 0.25) is 5.91 Å². The average Bonchev–Trinajstić information content (AvgIpc) is 3.65. The van der Waals surface area contributed by atoms with Crippen LogP contribution in [-0.2, 0) is 14.3 Å². The van der Waals surface area contributed by atoms with E-state index in [9.17, 15) is 9.59 Å². The Morgan fingerprint density at radius 2 is 1.75 bits per heavy atom. The normalized spacial score (nSPS) is 19.3. The molecule has 0 saturated heterocycles. The van der Waals surface area contributed by atoms with Gasteiger partial charge in [-0.15, -0.1) is 0 Å². The number of ether oxygens (including phenoxy) is 1. The first-order valence-corrected chi connectivity index (χ1v) is 12.6. The molecule has 5 nitrogen and oxygen atoms in total. The molecule has 2 aromatic carbocycles. The van der Waals surface area contributed by atoms with Crippen LogP contribution in [0.15, 0.2) is 66.3 Å². The molecule has 188 valence electrons. The zero-order valence-electron chi connectivity index (χ0n) is 21.5. The van der Waals surface area contributed by atoms with Crippen LogP contribution in [0.3, 0.4) is 0 Å². The van der Waals surface area contributed by atoms with E-state index in [0.29, 0.717) is 18.9 Å². The van der Waals surface area contributed by atoms with Gasteiger partial charge in [0.25, 0.3) is 0 Å². The third kappa shape index (κ3) is 5.85. The van der Waals surface area contributed by atoms with E-state index < -0.39 is 18.0 Å². The van der Waals surface area contributed by atoms with Crippen LogP contribution in [0.5, 0.6) is 0 Å². The first kappa shape index (κ1) is 25.6. The highest BCUT2D eigenvalue weighted by atomic mass is 16.5. The smallest absolute Gasteiger partial charge is 0.303 e. The molecule has 2 aromatic rings.